The summed E-state index contributed by atoms with van der Waals surface area (Å²) in [4.78, 5) is 13.0. The molecule has 2 rings (SSSR count). The molecule has 0 saturated carbocycles. The number of hydrogen-bond donors (Lipinski definition) is 0. The molecule has 1 heterocycles. The van der Waals surface area contributed by atoms with Gasteiger partial charge in [0.15, 0.2) is 0 Å². The highest BCUT2D eigenvalue weighted by atomic mass is 35.5. The Kier molecular flexibility index (Phi) is 5.72. The van der Waals surface area contributed by atoms with Crippen LogP contribution < -0.4 is 0 Å². The molecule has 1 aliphatic rings. The van der Waals surface area contributed by atoms with Crippen LogP contribution in [0.3, 0.4) is 0 Å². The summed E-state index contributed by atoms with van der Waals surface area (Å²) in [6.45, 7) is 3.66. The van der Waals surface area contributed by atoms with E-state index in [2.05, 4.69) is 0 Å². The van der Waals surface area contributed by atoms with E-state index in [1.165, 1.54) is 0 Å². The molecule has 0 radical (unpaired) electrons. The van der Waals surface area contributed by atoms with E-state index < -0.39 is 5.54 Å². The monoisotopic (exact) mass is 286 g/mol. The molecule has 1 saturated heterocycles. The summed E-state index contributed by atoms with van der Waals surface area (Å²) < 4.78 is 5.41. The van der Waals surface area contributed by atoms with Crippen molar-refractivity contribution >= 4 is 12.4 Å². The lowest BCUT2D eigenvalue weighted by Crippen LogP contribution is -2.56. The second-order valence-corrected chi connectivity index (χ2v) is 4.79. The number of nitrogens with zero attached hydrogens (tertiary/aromatic N) is 2. The van der Waals surface area contributed by atoms with E-state index in [1.54, 1.807) is 0 Å². The molecule has 1 aliphatic heterocycles. The largest absolute Gasteiger partial charge is 0.359 e. The van der Waals surface area contributed by atoms with Crippen molar-refractivity contribution in [3.05, 3.63) is 46.0 Å². The maximum absolute atomic E-state index is 11.2. The molecule has 106 valence electrons. The molecule has 19 heavy (non-hydrogen) atoms. The number of hydrogen-bond acceptors (Lipinski definition) is 4. The highest BCUT2D eigenvalue weighted by molar-refractivity contribution is 5.85. The summed E-state index contributed by atoms with van der Waals surface area (Å²) in [6.07, 6.45) is 0.491. The summed E-state index contributed by atoms with van der Waals surface area (Å²) in [5, 5.41) is 11.2. The maximum atomic E-state index is 11.2. The zero-order valence-corrected chi connectivity index (χ0v) is 11.8. The molecule has 0 amide bonds. The summed E-state index contributed by atoms with van der Waals surface area (Å²) in [6, 6.07) is 9.95. The van der Waals surface area contributed by atoms with Crippen LogP contribution >= 0.6 is 12.4 Å². The average molecular weight is 287 g/mol. The molecule has 0 spiro atoms. The first-order valence-corrected chi connectivity index (χ1v) is 6.15. The minimum Gasteiger partial charge on any atom is -0.359 e. The highest BCUT2D eigenvalue weighted by Crippen LogP contribution is 2.23. The van der Waals surface area contributed by atoms with Crippen molar-refractivity contribution in [3.63, 3.8) is 0 Å². The molecule has 0 N–H and O–H groups in total. The van der Waals surface area contributed by atoms with Crippen LogP contribution in [0, 0.1) is 10.1 Å². The fourth-order valence-corrected chi connectivity index (χ4v) is 2.27. The summed E-state index contributed by atoms with van der Waals surface area (Å²) in [5.41, 5.74) is 0.198. The second-order valence-electron chi connectivity index (χ2n) is 4.79. The number of benzene rings is 1. The van der Waals surface area contributed by atoms with Gasteiger partial charge in [-0.3, -0.25) is 15.0 Å². The van der Waals surface area contributed by atoms with Crippen molar-refractivity contribution in [1.29, 1.82) is 0 Å². The minimum absolute atomic E-state index is 0. The normalized spacial score (nSPS) is 23.6. The topological polar surface area (TPSA) is 55.6 Å². The van der Waals surface area contributed by atoms with Crippen LogP contribution in [0.5, 0.6) is 0 Å². The standard InChI is InChI=1S/C13H18N2O3.ClH/c1-2-13(15(16)17)9-14(11-18-10-13)8-12-6-4-3-5-7-12;/h3-7H,2,8-11H2,1H3;1H. The number of nitro groups is 1. The first-order chi connectivity index (χ1) is 8.66. The third kappa shape index (κ3) is 3.65. The van der Waals surface area contributed by atoms with Gasteiger partial charge < -0.3 is 4.74 Å². The van der Waals surface area contributed by atoms with Crippen LogP contribution in [0.15, 0.2) is 30.3 Å². The smallest absolute Gasteiger partial charge is 0.257 e. The Morgan fingerprint density at radius 3 is 2.68 bits per heavy atom. The molecular formula is C13H19ClN2O3. The van der Waals surface area contributed by atoms with Crippen molar-refractivity contribution < 1.29 is 9.66 Å². The van der Waals surface area contributed by atoms with Crippen molar-refractivity contribution in [1.82, 2.24) is 4.90 Å². The van der Waals surface area contributed by atoms with Gasteiger partial charge in [0.25, 0.3) is 5.54 Å². The molecule has 1 aromatic carbocycles. The molecule has 1 aromatic rings. The van der Waals surface area contributed by atoms with Crippen LogP contribution in [0.4, 0.5) is 0 Å². The lowest BCUT2D eigenvalue weighted by atomic mass is 9.96. The third-order valence-electron chi connectivity index (χ3n) is 3.46. The van der Waals surface area contributed by atoms with Gasteiger partial charge in [-0.2, -0.15) is 0 Å². The van der Waals surface area contributed by atoms with Gasteiger partial charge in [-0.25, -0.2) is 0 Å². The number of rotatable bonds is 4. The first-order valence-electron chi connectivity index (χ1n) is 6.15. The van der Waals surface area contributed by atoms with E-state index in [1.807, 2.05) is 42.2 Å². The zero-order valence-electron chi connectivity index (χ0n) is 10.9. The van der Waals surface area contributed by atoms with Gasteiger partial charge >= 0.3 is 0 Å². The van der Waals surface area contributed by atoms with Crippen molar-refractivity contribution in [3.8, 4) is 0 Å². The Balaban J connectivity index is 0.00000180. The van der Waals surface area contributed by atoms with E-state index >= 15 is 0 Å². The fraction of sp³-hybridized carbons (Fsp3) is 0.538. The molecule has 1 fully saturated rings. The summed E-state index contributed by atoms with van der Waals surface area (Å²) in [5.74, 6) is 0. The van der Waals surface area contributed by atoms with Crippen molar-refractivity contribution in [2.24, 2.45) is 0 Å². The SMILES string of the molecule is CCC1([N+](=O)[O-])COCN(Cc2ccccc2)C1.Cl. The molecule has 1 atom stereocenters. The lowest BCUT2D eigenvalue weighted by Gasteiger charge is -2.35. The molecular weight excluding hydrogens is 268 g/mol. The number of halogens is 1. The van der Waals surface area contributed by atoms with Gasteiger partial charge in [0.05, 0.1) is 13.3 Å². The van der Waals surface area contributed by atoms with E-state index in [0.29, 0.717) is 26.2 Å². The van der Waals surface area contributed by atoms with Gasteiger partial charge in [0.1, 0.15) is 6.61 Å². The van der Waals surface area contributed by atoms with Crippen molar-refractivity contribution in [2.75, 3.05) is 19.9 Å². The van der Waals surface area contributed by atoms with E-state index in [9.17, 15) is 10.1 Å². The van der Waals surface area contributed by atoms with Crippen LogP contribution in [-0.4, -0.2) is 35.2 Å². The summed E-state index contributed by atoms with van der Waals surface area (Å²) >= 11 is 0. The molecule has 5 nitrogen and oxygen atoms in total. The molecule has 0 bridgehead atoms. The molecule has 1 unspecified atom stereocenters. The third-order valence-corrected chi connectivity index (χ3v) is 3.46. The number of ether oxygens (including phenoxy) is 1. The van der Waals surface area contributed by atoms with Gasteiger partial charge in [-0.15, -0.1) is 12.4 Å². The van der Waals surface area contributed by atoms with Crippen LogP contribution in [-0.2, 0) is 11.3 Å². The average Bonchev–Trinajstić information content (AvgIpc) is 2.40. The highest BCUT2D eigenvalue weighted by Gasteiger charge is 2.45. The van der Waals surface area contributed by atoms with Crippen LogP contribution in [0.25, 0.3) is 0 Å². The van der Waals surface area contributed by atoms with Gasteiger partial charge in [0, 0.05) is 17.9 Å². The zero-order chi connectivity index (χ0) is 13.0. The van der Waals surface area contributed by atoms with E-state index in [4.69, 9.17) is 4.74 Å². The molecule has 0 aliphatic carbocycles. The second kappa shape index (κ2) is 6.84. The Labute approximate surface area is 119 Å². The van der Waals surface area contributed by atoms with Gasteiger partial charge in [-0.05, 0) is 5.56 Å². The first kappa shape index (κ1) is 15.9. The fourth-order valence-electron chi connectivity index (χ4n) is 2.27. The Morgan fingerprint density at radius 1 is 1.42 bits per heavy atom. The summed E-state index contributed by atoms with van der Waals surface area (Å²) in [7, 11) is 0. The maximum Gasteiger partial charge on any atom is 0.257 e. The van der Waals surface area contributed by atoms with Gasteiger partial charge in [0.2, 0.25) is 0 Å². The quantitative estimate of drug-likeness (QED) is 0.630. The Bertz CT molecular complexity index is 416. The molecule has 0 aromatic heterocycles. The van der Waals surface area contributed by atoms with Crippen molar-refractivity contribution in [2.45, 2.75) is 25.4 Å². The minimum atomic E-state index is -0.951. The van der Waals surface area contributed by atoms with Crippen LogP contribution in [0.1, 0.15) is 18.9 Å². The van der Waals surface area contributed by atoms with E-state index in [-0.39, 0.29) is 23.9 Å². The predicted molar refractivity (Wildman–Crippen MR) is 74.9 cm³/mol. The Morgan fingerprint density at radius 2 is 2.11 bits per heavy atom. The molecule has 6 heteroatoms. The Hall–Kier alpha value is -1.17. The van der Waals surface area contributed by atoms with Gasteiger partial charge in [-0.1, -0.05) is 37.3 Å². The van der Waals surface area contributed by atoms with E-state index in [0.717, 1.165) is 5.56 Å². The predicted octanol–water partition coefficient (Wildman–Crippen LogP) is 2.32. The lowest BCUT2D eigenvalue weighted by molar-refractivity contribution is -0.581. The van der Waals surface area contributed by atoms with Crippen LogP contribution in [0.2, 0.25) is 0 Å².